The molecule has 0 atom stereocenters. The van der Waals surface area contributed by atoms with Gasteiger partial charge in [-0.15, -0.1) is 0 Å². The molecule has 0 aliphatic rings. The molecule has 3 nitrogen and oxygen atoms in total. The van der Waals surface area contributed by atoms with Gasteiger partial charge in [-0.05, 0) is 69.4 Å². The number of nitrogens with two attached hydrogens (primary N) is 1. The molecule has 4 heteroatoms. The van der Waals surface area contributed by atoms with Crippen molar-refractivity contribution in [3.05, 3.63) is 88.2 Å². The van der Waals surface area contributed by atoms with Gasteiger partial charge in [0, 0.05) is 27.8 Å². The molecule has 0 aliphatic heterocycles. The molecule has 27 heavy (non-hydrogen) atoms. The second kappa shape index (κ2) is 7.33. The maximum atomic E-state index is 6.17. The number of hydrogen-bond donors (Lipinski definition) is 1. The summed E-state index contributed by atoms with van der Waals surface area (Å²) in [5, 5.41) is 1.07. The first-order valence-corrected chi connectivity index (χ1v) is 9.44. The minimum Gasteiger partial charge on any atom is -0.383 e. The van der Waals surface area contributed by atoms with Crippen molar-refractivity contribution in [1.82, 2.24) is 9.97 Å². The Bertz CT molecular complexity index is 1170. The number of aryl methyl sites for hydroxylation is 1. The van der Waals surface area contributed by atoms with Gasteiger partial charge in [0.1, 0.15) is 5.82 Å². The van der Waals surface area contributed by atoms with Crippen LogP contribution in [0, 0.1) is 6.92 Å². The first kappa shape index (κ1) is 17.4. The molecule has 0 spiro atoms. The van der Waals surface area contributed by atoms with Crippen LogP contribution in [0.15, 0.2) is 71.5 Å². The molecule has 132 valence electrons. The van der Waals surface area contributed by atoms with Crippen molar-refractivity contribution >= 4 is 44.8 Å². The zero-order valence-corrected chi connectivity index (χ0v) is 16.4. The zero-order chi connectivity index (χ0) is 18.8. The zero-order valence-electron chi connectivity index (χ0n) is 14.9. The van der Waals surface area contributed by atoms with Crippen LogP contribution >= 0.6 is 15.9 Å². The Balaban J connectivity index is 1.76. The van der Waals surface area contributed by atoms with Gasteiger partial charge in [0.2, 0.25) is 0 Å². The molecule has 2 aromatic carbocycles. The smallest absolute Gasteiger partial charge is 0.131 e. The number of halogens is 1. The minimum atomic E-state index is 0.519. The Morgan fingerprint density at radius 2 is 1.81 bits per heavy atom. The fourth-order valence-electron chi connectivity index (χ4n) is 3.11. The predicted octanol–water partition coefficient (Wildman–Crippen LogP) is 6.12. The highest BCUT2D eigenvalue weighted by molar-refractivity contribution is 9.10. The first-order chi connectivity index (χ1) is 13.1. The van der Waals surface area contributed by atoms with E-state index in [1.54, 1.807) is 6.20 Å². The highest BCUT2D eigenvalue weighted by atomic mass is 79.9. The van der Waals surface area contributed by atoms with Gasteiger partial charge in [-0.1, -0.05) is 42.5 Å². The summed E-state index contributed by atoms with van der Waals surface area (Å²) in [6, 6.07) is 18.8. The summed E-state index contributed by atoms with van der Waals surface area (Å²) in [7, 11) is 0. The van der Waals surface area contributed by atoms with E-state index >= 15 is 0 Å². The second-order valence-electron chi connectivity index (χ2n) is 6.46. The summed E-state index contributed by atoms with van der Waals surface area (Å²) in [6.07, 6.45) is 7.53. The van der Waals surface area contributed by atoms with Crippen LogP contribution in [0.3, 0.4) is 0 Å². The molecule has 2 heterocycles. The molecule has 4 rings (SSSR count). The van der Waals surface area contributed by atoms with E-state index in [9.17, 15) is 0 Å². The van der Waals surface area contributed by atoms with Crippen LogP contribution < -0.4 is 5.73 Å². The molecule has 0 radical (unpaired) electrons. The number of nitrogen functional groups attached to an aromatic ring is 1. The molecule has 0 aliphatic carbocycles. The van der Waals surface area contributed by atoms with E-state index in [4.69, 9.17) is 5.73 Å². The van der Waals surface area contributed by atoms with E-state index in [0.717, 1.165) is 26.5 Å². The molecule has 2 aromatic heterocycles. The average Bonchev–Trinajstić information content (AvgIpc) is 2.66. The first-order valence-electron chi connectivity index (χ1n) is 8.65. The lowest BCUT2D eigenvalue weighted by molar-refractivity contribution is 1.30. The van der Waals surface area contributed by atoms with Crippen LogP contribution in [0.25, 0.3) is 34.2 Å². The van der Waals surface area contributed by atoms with Crippen molar-refractivity contribution in [2.45, 2.75) is 6.92 Å². The van der Waals surface area contributed by atoms with E-state index in [0.29, 0.717) is 5.82 Å². The summed E-state index contributed by atoms with van der Waals surface area (Å²) in [5.41, 5.74) is 12.6. The number of fused-ring (bicyclic) bond motifs is 1. The van der Waals surface area contributed by atoms with Gasteiger partial charge in [-0.25, -0.2) is 4.98 Å². The summed E-state index contributed by atoms with van der Waals surface area (Å²) in [4.78, 5) is 8.74. The lowest BCUT2D eigenvalue weighted by Gasteiger charge is -2.09. The van der Waals surface area contributed by atoms with Gasteiger partial charge in [-0.3, -0.25) is 4.98 Å². The van der Waals surface area contributed by atoms with Crippen molar-refractivity contribution in [3.8, 4) is 11.1 Å². The van der Waals surface area contributed by atoms with E-state index in [1.807, 2.05) is 30.5 Å². The van der Waals surface area contributed by atoms with Gasteiger partial charge in [0.25, 0.3) is 0 Å². The second-order valence-corrected chi connectivity index (χ2v) is 7.37. The molecule has 0 amide bonds. The van der Waals surface area contributed by atoms with Gasteiger partial charge in [0.15, 0.2) is 0 Å². The summed E-state index contributed by atoms with van der Waals surface area (Å²) < 4.78 is 0.942. The Morgan fingerprint density at radius 3 is 2.63 bits per heavy atom. The summed E-state index contributed by atoms with van der Waals surface area (Å²) >= 11 is 3.44. The third kappa shape index (κ3) is 3.76. The Morgan fingerprint density at radius 1 is 0.963 bits per heavy atom. The third-order valence-corrected chi connectivity index (χ3v) is 4.95. The molecule has 0 saturated carbocycles. The highest BCUT2D eigenvalue weighted by Gasteiger charge is 2.06. The third-order valence-electron chi connectivity index (χ3n) is 4.51. The van der Waals surface area contributed by atoms with Crippen LogP contribution in [-0.4, -0.2) is 9.97 Å². The number of hydrogen-bond acceptors (Lipinski definition) is 3. The lowest BCUT2D eigenvalue weighted by Crippen LogP contribution is -1.95. The molecular weight excluding hydrogens is 398 g/mol. The quantitative estimate of drug-likeness (QED) is 0.438. The molecular formula is C23H18BrN3. The summed E-state index contributed by atoms with van der Waals surface area (Å²) in [5.74, 6) is 0.519. The maximum absolute atomic E-state index is 6.17. The maximum Gasteiger partial charge on any atom is 0.131 e. The van der Waals surface area contributed by atoms with Gasteiger partial charge in [0.05, 0.1) is 5.52 Å². The van der Waals surface area contributed by atoms with Gasteiger partial charge < -0.3 is 5.73 Å². The van der Waals surface area contributed by atoms with E-state index in [1.165, 1.54) is 16.7 Å². The molecule has 0 saturated heterocycles. The van der Waals surface area contributed by atoms with E-state index in [2.05, 4.69) is 75.3 Å². The van der Waals surface area contributed by atoms with Crippen molar-refractivity contribution < 1.29 is 0 Å². The topological polar surface area (TPSA) is 51.8 Å². The summed E-state index contributed by atoms with van der Waals surface area (Å²) in [6.45, 7) is 2.13. The molecule has 0 unspecified atom stereocenters. The fourth-order valence-corrected chi connectivity index (χ4v) is 3.49. The monoisotopic (exact) mass is 415 g/mol. The van der Waals surface area contributed by atoms with Crippen LogP contribution in [0.2, 0.25) is 0 Å². The number of anilines is 1. The number of pyridine rings is 2. The van der Waals surface area contributed by atoms with Crippen molar-refractivity contribution in [2.24, 2.45) is 0 Å². The molecule has 2 N–H and O–H groups in total. The normalized spacial score (nSPS) is 11.3. The predicted molar refractivity (Wildman–Crippen MR) is 117 cm³/mol. The Kier molecular flexibility index (Phi) is 4.73. The van der Waals surface area contributed by atoms with Crippen molar-refractivity contribution in [2.75, 3.05) is 5.73 Å². The number of nitrogens with zero attached hydrogens (tertiary/aromatic N) is 2. The van der Waals surface area contributed by atoms with Gasteiger partial charge >= 0.3 is 0 Å². The molecule has 4 aromatic rings. The van der Waals surface area contributed by atoms with Crippen molar-refractivity contribution in [3.63, 3.8) is 0 Å². The standard InChI is InChI=1S/C23H18BrN3/c1-15-4-2-3-5-21(15)17-8-9-22-19(11-17)12-18(23(25)27-22)7-6-16-10-20(24)14-26-13-16/h2-14H,1H3,(H2,25,27)/b7-6+. The largest absolute Gasteiger partial charge is 0.383 e. The van der Waals surface area contributed by atoms with E-state index in [-0.39, 0.29) is 0 Å². The van der Waals surface area contributed by atoms with Crippen LogP contribution in [0.1, 0.15) is 16.7 Å². The highest BCUT2D eigenvalue weighted by Crippen LogP contribution is 2.28. The van der Waals surface area contributed by atoms with Gasteiger partial charge in [-0.2, -0.15) is 0 Å². The number of aromatic nitrogens is 2. The van der Waals surface area contributed by atoms with Crippen molar-refractivity contribution in [1.29, 1.82) is 0 Å². The SMILES string of the molecule is Cc1ccccc1-c1ccc2nc(N)c(/C=C/c3cncc(Br)c3)cc2c1. The lowest BCUT2D eigenvalue weighted by atomic mass is 9.98. The Labute approximate surface area is 166 Å². The average molecular weight is 416 g/mol. The fraction of sp³-hybridized carbons (Fsp3) is 0.0435. The number of benzene rings is 2. The van der Waals surface area contributed by atoms with E-state index < -0.39 is 0 Å². The Hall–Kier alpha value is -2.98. The molecule has 0 fully saturated rings. The van der Waals surface area contributed by atoms with Crippen LogP contribution in [0.4, 0.5) is 5.82 Å². The minimum absolute atomic E-state index is 0.519. The number of rotatable bonds is 3. The molecule has 0 bridgehead atoms. The van der Waals surface area contributed by atoms with Crippen LogP contribution in [0.5, 0.6) is 0 Å². The van der Waals surface area contributed by atoms with Crippen LogP contribution in [-0.2, 0) is 0 Å².